The average molecular weight is 566 g/mol. The molecule has 0 radical (unpaired) electrons. The summed E-state index contributed by atoms with van der Waals surface area (Å²) in [4.78, 5) is 8.88. The number of hydrogen-bond acceptors (Lipinski definition) is 9. The minimum Gasteiger partial charge on any atom is -0.351 e. The number of aromatic nitrogens is 4. The van der Waals surface area contributed by atoms with Crippen LogP contribution in [0.2, 0.25) is 5.02 Å². The summed E-state index contributed by atoms with van der Waals surface area (Å²) in [6.07, 6.45) is 9.13. The molecular formula is C26H28ClN9O2S. The van der Waals surface area contributed by atoms with E-state index in [1.54, 1.807) is 17.1 Å². The zero-order valence-electron chi connectivity index (χ0n) is 21.4. The van der Waals surface area contributed by atoms with Gasteiger partial charge in [-0.15, -0.1) is 0 Å². The highest BCUT2D eigenvalue weighted by molar-refractivity contribution is 7.88. The molecule has 13 heteroatoms. The van der Waals surface area contributed by atoms with E-state index in [0.29, 0.717) is 72.0 Å². The number of benzene rings is 1. The number of nitrogens with one attached hydrogen (secondary N) is 2. The third-order valence-electron chi connectivity index (χ3n) is 7.20. The van der Waals surface area contributed by atoms with Crippen LogP contribution >= 0.6 is 11.6 Å². The molecule has 1 saturated carbocycles. The van der Waals surface area contributed by atoms with Gasteiger partial charge >= 0.3 is 0 Å². The Kier molecular flexibility index (Phi) is 7.82. The van der Waals surface area contributed by atoms with Gasteiger partial charge in [0, 0.05) is 49.4 Å². The Morgan fingerprint density at radius 1 is 1.15 bits per heavy atom. The minimum atomic E-state index is -3.20. The lowest BCUT2D eigenvalue weighted by Crippen LogP contribution is -2.42. The Labute approximate surface area is 232 Å². The molecule has 0 spiro atoms. The minimum absolute atomic E-state index is 0.0235. The van der Waals surface area contributed by atoms with Gasteiger partial charge in [-0.3, -0.25) is 0 Å². The fourth-order valence-electron chi connectivity index (χ4n) is 4.84. The molecule has 1 aliphatic carbocycles. The van der Waals surface area contributed by atoms with E-state index >= 15 is 0 Å². The Morgan fingerprint density at radius 2 is 1.92 bits per heavy atom. The first kappa shape index (κ1) is 27.0. The Balaban J connectivity index is 1.27. The zero-order valence-corrected chi connectivity index (χ0v) is 23.0. The van der Waals surface area contributed by atoms with Crippen molar-refractivity contribution in [2.24, 2.45) is 5.92 Å². The first-order chi connectivity index (χ1) is 18.7. The van der Waals surface area contributed by atoms with Crippen molar-refractivity contribution < 1.29 is 8.42 Å². The van der Waals surface area contributed by atoms with Crippen LogP contribution in [0.1, 0.15) is 36.8 Å². The van der Waals surface area contributed by atoms with Crippen LogP contribution in [0.25, 0.3) is 16.9 Å². The summed E-state index contributed by atoms with van der Waals surface area (Å²) in [7, 11) is -3.20. The van der Waals surface area contributed by atoms with E-state index in [9.17, 15) is 13.7 Å². The zero-order chi connectivity index (χ0) is 27.6. The van der Waals surface area contributed by atoms with Crippen LogP contribution in [-0.2, 0) is 16.6 Å². The second kappa shape index (κ2) is 11.3. The SMILES string of the molecule is CS(=O)(=O)N1CCC(Nc2ncc(C#N)c(-c3cnn(-c4ccc(CNC5CC(C#N)C5)cc4Cl)c3)n2)CC1. The maximum Gasteiger partial charge on any atom is 0.223 e. The van der Waals surface area contributed by atoms with Crippen molar-refractivity contribution in [1.82, 2.24) is 29.4 Å². The molecule has 0 atom stereocenters. The van der Waals surface area contributed by atoms with Crippen LogP contribution in [0.4, 0.5) is 5.95 Å². The number of sulfonamides is 1. The van der Waals surface area contributed by atoms with Crippen LogP contribution in [0, 0.1) is 28.6 Å². The topological polar surface area (TPSA) is 153 Å². The first-order valence-corrected chi connectivity index (χ1v) is 14.9. The Hall–Kier alpha value is -3.55. The van der Waals surface area contributed by atoms with Crippen molar-refractivity contribution in [2.45, 2.75) is 44.3 Å². The van der Waals surface area contributed by atoms with E-state index in [1.807, 2.05) is 18.2 Å². The predicted molar refractivity (Wildman–Crippen MR) is 146 cm³/mol. The van der Waals surface area contributed by atoms with E-state index in [2.05, 4.69) is 37.8 Å². The van der Waals surface area contributed by atoms with Gasteiger partial charge < -0.3 is 10.6 Å². The van der Waals surface area contributed by atoms with Crippen molar-refractivity contribution in [1.29, 1.82) is 10.5 Å². The molecule has 0 bridgehead atoms. The summed E-state index contributed by atoms with van der Waals surface area (Å²) in [5, 5.41) is 30.3. The lowest BCUT2D eigenvalue weighted by atomic mass is 9.81. The fraction of sp³-hybridized carbons (Fsp3) is 0.423. The molecule has 1 aliphatic heterocycles. The van der Waals surface area contributed by atoms with Crippen LogP contribution < -0.4 is 10.6 Å². The normalized spacial score (nSPS) is 20.1. The van der Waals surface area contributed by atoms with Gasteiger partial charge in [0.05, 0.1) is 46.7 Å². The highest BCUT2D eigenvalue weighted by Gasteiger charge is 2.28. The molecule has 3 heterocycles. The van der Waals surface area contributed by atoms with Gasteiger partial charge in [0.1, 0.15) is 6.07 Å². The summed E-state index contributed by atoms with van der Waals surface area (Å²) >= 11 is 6.60. The Morgan fingerprint density at radius 3 is 2.59 bits per heavy atom. The van der Waals surface area contributed by atoms with Gasteiger partial charge in [-0.1, -0.05) is 17.7 Å². The van der Waals surface area contributed by atoms with Gasteiger partial charge in [0.25, 0.3) is 0 Å². The third-order valence-corrected chi connectivity index (χ3v) is 8.80. The molecule has 0 unspecified atom stereocenters. The maximum absolute atomic E-state index is 11.8. The molecular weight excluding hydrogens is 538 g/mol. The second-order valence-electron chi connectivity index (χ2n) is 9.98. The van der Waals surface area contributed by atoms with Gasteiger partial charge in [0.2, 0.25) is 16.0 Å². The quantitative estimate of drug-likeness (QED) is 0.419. The molecule has 2 fully saturated rings. The second-order valence-corrected chi connectivity index (χ2v) is 12.4. The highest BCUT2D eigenvalue weighted by Crippen LogP contribution is 2.29. The molecule has 202 valence electrons. The molecule has 0 amide bonds. The summed E-state index contributed by atoms with van der Waals surface area (Å²) < 4.78 is 26.7. The van der Waals surface area contributed by atoms with Crippen molar-refractivity contribution in [2.75, 3.05) is 24.7 Å². The van der Waals surface area contributed by atoms with E-state index < -0.39 is 10.0 Å². The van der Waals surface area contributed by atoms with Crippen LogP contribution in [0.5, 0.6) is 0 Å². The first-order valence-electron chi connectivity index (χ1n) is 12.7. The highest BCUT2D eigenvalue weighted by atomic mass is 35.5. The number of anilines is 1. The molecule has 39 heavy (non-hydrogen) atoms. The van der Waals surface area contributed by atoms with Gasteiger partial charge in [-0.25, -0.2) is 27.4 Å². The van der Waals surface area contributed by atoms with Crippen molar-refractivity contribution >= 4 is 27.6 Å². The number of piperidine rings is 1. The van der Waals surface area contributed by atoms with Crippen molar-refractivity contribution in [3.8, 4) is 29.1 Å². The van der Waals surface area contributed by atoms with E-state index in [4.69, 9.17) is 16.9 Å². The average Bonchev–Trinajstić information content (AvgIpc) is 3.37. The molecule has 2 aromatic heterocycles. The van der Waals surface area contributed by atoms with Gasteiger partial charge in [0.15, 0.2) is 0 Å². The molecule has 3 aromatic rings. The smallest absolute Gasteiger partial charge is 0.223 e. The molecule has 1 aromatic carbocycles. The summed E-state index contributed by atoms with van der Waals surface area (Å²) in [5.74, 6) is 0.530. The number of rotatable bonds is 8. The molecule has 1 saturated heterocycles. The number of halogens is 1. The van der Waals surface area contributed by atoms with E-state index in [0.717, 1.165) is 18.4 Å². The van der Waals surface area contributed by atoms with Crippen LogP contribution in [0.3, 0.4) is 0 Å². The summed E-state index contributed by atoms with van der Waals surface area (Å²) in [6, 6.07) is 10.6. The molecule has 5 rings (SSSR count). The molecule has 11 nitrogen and oxygen atoms in total. The monoisotopic (exact) mass is 565 g/mol. The van der Waals surface area contributed by atoms with Crippen LogP contribution in [-0.4, -0.2) is 63.9 Å². The molecule has 2 aliphatic rings. The van der Waals surface area contributed by atoms with E-state index in [-0.39, 0.29) is 12.0 Å². The summed E-state index contributed by atoms with van der Waals surface area (Å²) in [6.45, 7) is 1.54. The van der Waals surface area contributed by atoms with Gasteiger partial charge in [-0.05, 0) is 43.4 Å². The standard InChI is InChI=1S/C26H28ClN9O2S/c1-39(37,38)35-6-4-21(5-7-35)33-26-31-14-19(12-29)25(34-26)20-15-32-36(16-20)24-3-2-17(10-23(24)27)13-30-22-8-18(9-22)11-28/h2-3,10,14-16,18,21-22,30H,4-9,13H2,1H3,(H,31,33,34). The number of nitrogens with zero attached hydrogens (tertiary/aromatic N) is 7. The lowest BCUT2D eigenvalue weighted by molar-refractivity contribution is 0.273. The number of hydrogen-bond donors (Lipinski definition) is 2. The maximum atomic E-state index is 11.8. The van der Waals surface area contributed by atoms with Crippen molar-refractivity contribution in [3.63, 3.8) is 0 Å². The van der Waals surface area contributed by atoms with Gasteiger partial charge in [-0.2, -0.15) is 15.6 Å². The predicted octanol–water partition coefficient (Wildman–Crippen LogP) is 3.08. The largest absolute Gasteiger partial charge is 0.351 e. The number of nitriles is 2. The van der Waals surface area contributed by atoms with Crippen molar-refractivity contribution in [3.05, 3.63) is 52.9 Å². The third kappa shape index (κ3) is 6.21. The van der Waals surface area contributed by atoms with Crippen LogP contribution in [0.15, 0.2) is 36.8 Å². The van der Waals surface area contributed by atoms with E-state index in [1.165, 1.54) is 16.8 Å². The molecule has 2 N–H and O–H groups in total. The lowest BCUT2D eigenvalue weighted by Gasteiger charge is -2.31. The summed E-state index contributed by atoms with van der Waals surface area (Å²) in [5.41, 5.74) is 3.14. The Bertz CT molecular complexity index is 1550. The fourth-order valence-corrected chi connectivity index (χ4v) is 6.01.